The zero-order valence-electron chi connectivity index (χ0n) is 12.8. The van der Waals surface area contributed by atoms with Gasteiger partial charge in [0.2, 0.25) is 0 Å². The van der Waals surface area contributed by atoms with Crippen LogP contribution in [0, 0.1) is 11.8 Å². The molecule has 1 heterocycles. The fraction of sp³-hybridized carbons (Fsp3) is 0.0909. The van der Waals surface area contributed by atoms with Crippen LogP contribution in [0.5, 0.6) is 0 Å². The highest BCUT2D eigenvalue weighted by Gasteiger charge is 2.07. The molecule has 2 aromatic carbocycles. The Hall–Kier alpha value is -2.56. The lowest BCUT2D eigenvalue weighted by Gasteiger charge is -2.11. The van der Waals surface area contributed by atoms with E-state index in [1.807, 2.05) is 0 Å². The van der Waals surface area contributed by atoms with Crippen LogP contribution < -0.4 is 0 Å². The minimum Gasteiger partial charge on any atom is -0.144 e. The van der Waals surface area contributed by atoms with Gasteiger partial charge in [-0.15, -0.1) is 11.3 Å². The van der Waals surface area contributed by atoms with E-state index in [1.165, 1.54) is 21.6 Å². The number of thiophene rings is 1. The van der Waals surface area contributed by atoms with Gasteiger partial charge in [0.1, 0.15) is 0 Å². The van der Waals surface area contributed by atoms with Crippen molar-refractivity contribution in [2.45, 2.75) is 12.8 Å². The normalized spacial score (nSPS) is 12.3. The zero-order chi connectivity index (χ0) is 15.5. The molecule has 112 valence electrons. The molecule has 0 N–H and O–H groups in total. The molecule has 0 aliphatic heterocycles. The van der Waals surface area contributed by atoms with E-state index in [-0.39, 0.29) is 1.43 Å². The Balaban J connectivity index is 0.00000169. The summed E-state index contributed by atoms with van der Waals surface area (Å²) < 4.78 is 0. The summed E-state index contributed by atoms with van der Waals surface area (Å²) in [6.07, 6.45) is 6.71. The minimum atomic E-state index is 0. The molecule has 0 saturated carbocycles. The highest BCUT2D eigenvalue weighted by atomic mass is 32.1. The lowest BCUT2D eigenvalue weighted by atomic mass is 9.93. The van der Waals surface area contributed by atoms with Gasteiger partial charge in [0.25, 0.3) is 0 Å². The lowest BCUT2D eigenvalue weighted by molar-refractivity contribution is 0.984. The molecule has 3 aromatic rings. The van der Waals surface area contributed by atoms with E-state index in [4.69, 9.17) is 0 Å². The zero-order valence-corrected chi connectivity index (χ0v) is 13.6. The average Bonchev–Trinajstić information content (AvgIpc) is 3.14. The largest absolute Gasteiger partial charge is 0.144 e. The average molecular weight is 314 g/mol. The standard InChI is InChI=1S/C22H16S.H2/c1-3-11-20-17(7-1)9-5-10-18(20)14-15-19-8-2-4-12-21(19)22-13-6-16-23-22;/h2-6,8-13,16H,1,7H2;1H. The molecule has 0 fully saturated rings. The van der Waals surface area contributed by atoms with Crippen molar-refractivity contribution >= 4 is 17.4 Å². The summed E-state index contributed by atoms with van der Waals surface area (Å²) in [6, 6.07) is 19.1. The van der Waals surface area contributed by atoms with E-state index in [2.05, 4.69) is 84.0 Å². The number of hydrogen-bond acceptors (Lipinski definition) is 1. The summed E-state index contributed by atoms with van der Waals surface area (Å²) in [5.41, 5.74) is 6.13. The van der Waals surface area contributed by atoms with Gasteiger partial charge in [-0.1, -0.05) is 60.4 Å². The van der Waals surface area contributed by atoms with Crippen LogP contribution in [0.3, 0.4) is 0 Å². The van der Waals surface area contributed by atoms with Gasteiger partial charge >= 0.3 is 0 Å². The first-order valence-electron chi connectivity index (χ1n) is 7.85. The van der Waals surface area contributed by atoms with E-state index in [0.717, 1.165) is 24.0 Å². The fourth-order valence-corrected chi connectivity index (χ4v) is 3.72. The predicted octanol–water partition coefficient (Wildman–Crippen LogP) is 6.02. The fourth-order valence-electron chi connectivity index (χ4n) is 2.95. The SMILES string of the molecule is C(#Cc1cccc2c1C=CCC2)c1ccccc1-c1cccs1.[HH]. The first-order valence-corrected chi connectivity index (χ1v) is 8.73. The number of rotatable bonds is 1. The summed E-state index contributed by atoms with van der Waals surface area (Å²) in [4.78, 5) is 1.27. The Morgan fingerprint density at radius 2 is 1.74 bits per heavy atom. The summed E-state index contributed by atoms with van der Waals surface area (Å²) in [5, 5.41) is 2.11. The van der Waals surface area contributed by atoms with Crippen molar-refractivity contribution in [2.24, 2.45) is 0 Å². The molecule has 0 saturated heterocycles. The lowest BCUT2D eigenvalue weighted by Crippen LogP contribution is -1.96. The van der Waals surface area contributed by atoms with Crippen molar-refractivity contribution in [3.8, 4) is 22.3 Å². The van der Waals surface area contributed by atoms with Crippen LogP contribution in [0.25, 0.3) is 16.5 Å². The van der Waals surface area contributed by atoms with Gasteiger partial charge in [-0.05, 0) is 47.5 Å². The van der Waals surface area contributed by atoms with E-state index in [9.17, 15) is 0 Å². The van der Waals surface area contributed by atoms with Crippen molar-refractivity contribution in [3.63, 3.8) is 0 Å². The minimum absolute atomic E-state index is 0. The van der Waals surface area contributed by atoms with Crippen molar-refractivity contribution in [1.82, 2.24) is 0 Å². The molecule has 0 bridgehead atoms. The van der Waals surface area contributed by atoms with Crippen molar-refractivity contribution in [2.75, 3.05) is 0 Å². The third-order valence-electron chi connectivity index (χ3n) is 4.11. The molecular formula is C22H18S. The van der Waals surface area contributed by atoms with E-state index in [1.54, 1.807) is 11.3 Å². The van der Waals surface area contributed by atoms with E-state index < -0.39 is 0 Å². The van der Waals surface area contributed by atoms with Gasteiger partial charge in [-0.25, -0.2) is 0 Å². The smallest absolute Gasteiger partial charge is 0.0355 e. The summed E-state index contributed by atoms with van der Waals surface area (Å²) in [5.74, 6) is 6.79. The Labute approximate surface area is 142 Å². The highest BCUT2D eigenvalue weighted by molar-refractivity contribution is 7.13. The molecule has 1 aromatic heterocycles. The topological polar surface area (TPSA) is 0 Å². The van der Waals surface area contributed by atoms with Crippen LogP contribution in [0.1, 0.15) is 30.1 Å². The van der Waals surface area contributed by atoms with E-state index >= 15 is 0 Å². The Morgan fingerprint density at radius 3 is 2.65 bits per heavy atom. The van der Waals surface area contributed by atoms with Crippen LogP contribution in [-0.2, 0) is 6.42 Å². The van der Waals surface area contributed by atoms with Crippen molar-refractivity contribution in [1.29, 1.82) is 0 Å². The summed E-state index contributed by atoms with van der Waals surface area (Å²) in [6.45, 7) is 0. The van der Waals surface area contributed by atoms with Gasteiger partial charge < -0.3 is 0 Å². The second-order valence-electron chi connectivity index (χ2n) is 5.59. The molecule has 0 spiro atoms. The maximum atomic E-state index is 3.39. The van der Waals surface area contributed by atoms with Crippen molar-refractivity contribution in [3.05, 3.63) is 88.3 Å². The molecule has 23 heavy (non-hydrogen) atoms. The molecule has 1 heteroatoms. The van der Waals surface area contributed by atoms with Gasteiger partial charge in [-0.2, -0.15) is 0 Å². The maximum absolute atomic E-state index is 3.39. The van der Waals surface area contributed by atoms with Crippen LogP contribution in [0.15, 0.2) is 66.1 Å². The van der Waals surface area contributed by atoms with Gasteiger partial charge in [0.15, 0.2) is 0 Å². The third kappa shape index (κ3) is 2.86. The molecule has 4 rings (SSSR count). The third-order valence-corrected chi connectivity index (χ3v) is 5.01. The van der Waals surface area contributed by atoms with Crippen LogP contribution in [0.2, 0.25) is 0 Å². The van der Waals surface area contributed by atoms with Crippen molar-refractivity contribution < 1.29 is 1.43 Å². The van der Waals surface area contributed by atoms with Crippen LogP contribution in [-0.4, -0.2) is 0 Å². The molecule has 0 amide bonds. The molecule has 0 nitrogen and oxygen atoms in total. The molecule has 0 radical (unpaired) electrons. The van der Waals surface area contributed by atoms with Gasteiger partial charge in [0, 0.05) is 23.0 Å². The summed E-state index contributed by atoms with van der Waals surface area (Å²) in [7, 11) is 0. The molecule has 0 unspecified atom stereocenters. The van der Waals surface area contributed by atoms with Gasteiger partial charge in [-0.3, -0.25) is 0 Å². The number of aryl methyl sites for hydroxylation is 1. The van der Waals surface area contributed by atoms with Crippen LogP contribution in [0.4, 0.5) is 0 Å². The first-order chi connectivity index (χ1) is 11.4. The molecule has 0 atom stereocenters. The Bertz CT molecular complexity index is 924. The van der Waals surface area contributed by atoms with E-state index in [0.29, 0.717) is 0 Å². The molecule has 1 aliphatic rings. The Morgan fingerprint density at radius 1 is 0.870 bits per heavy atom. The second-order valence-corrected chi connectivity index (χ2v) is 6.54. The number of hydrogen-bond donors (Lipinski definition) is 0. The summed E-state index contributed by atoms with van der Waals surface area (Å²) >= 11 is 1.76. The monoisotopic (exact) mass is 314 g/mol. The number of benzene rings is 2. The molecule has 1 aliphatic carbocycles. The second kappa shape index (κ2) is 6.28. The maximum Gasteiger partial charge on any atom is 0.0355 e. The Kier molecular flexibility index (Phi) is 3.84. The first kappa shape index (κ1) is 14.1. The van der Waals surface area contributed by atoms with Gasteiger partial charge in [0.05, 0.1) is 0 Å². The van der Waals surface area contributed by atoms with Crippen LogP contribution >= 0.6 is 11.3 Å². The molecular weight excluding hydrogens is 296 g/mol. The number of allylic oxidation sites excluding steroid dienone is 1. The highest BCUT2D eigenvalue weighted by Crippen LogP contribution is 2.28. The number of fused-ring (bicyclic) bond motifs is 1. The quantitative estimate of drug-likeness (QED) is 0.482. The predicted molar refractivity (Wildman–Crippen MR) is 102 cm³/mol.